The molecule has 1 atom stereocenters. The molecular formula is C15H15N5O4. The smallest absolute Gasteiger partial charge is 0.414 e. The van der Waals surface area contributed by atoms with Gasteiger partial charge >= 0.3 is 12.2 Å². The number of fused-ring (bicyclic) bond motifs is 1. The van der Waals surface area contributed by atoms with Crippen LogP contribution in [0.5, 0.6) is 0 Å². The van der Waals surface area contributed by atoms with Crippen molar-refractivity contribution in [2.24, 2.45) is 0 Å². The summed E-state index contributed by atoms with van der Waals surface area (Å²) in [6.45, 7) is 1.07. The summed E-state index contributed by atoms with van der Waals surface area (Å²) in [7, 11) is 1.65. The summed E-state index contributed by atoms with van der Waals surface area (Å²) in [6.07, 6.45) is 2.22. The third-order valence-corrected chi connectivity index (χ3v) is 4.10. The normalized spacial score (nSPS) is 20.0. The molecule has 124 valence electrons. The Hall–Kier alpha value is -3.10. The van der Waals surface area contributed by atoms with Crippen LogP contribution in [-0.4, -0.2) is 46.9 Å². The number of anilines is 2. The van der Waals surface area contributed by atoms with E-state index in [2.05, 4.69) is 10.3 Å². The van der Waals surface area contributed by atoms with Crippen LogP contribution in [0.1, 0.15) is 5.56 Å². The first-order valence-electron chi connectivity index (χ1n) is 7.47. The molecule has 0 saturated carbocycles. The number of cyclic esters (lactones) is 2. The van der Waals surface area contributed by atoms with Crippen LogP contribution in [-0.2, 0) is 22.6 Å². The standard InChI is InChI=1S/C15H15N5O4/c1-18-13-3-2-11(6-10(13)9-23-14(18)21)20-8-12(24-15(20)22)7-19-5-4-16-17-19/h2-6,12H,7-9H2,1H3. The highest BCUT2D eigenvalue weighted by molar-refractivity contribution is 5.93. The topological polar surface area (TPSA) is 89.8 Å². The van der Waals surface area contributed by atoms with Gasteiger partial charge in [0, 0.05) is 24.5 Å². The van der Waals surface area contributed by atoms with Crippen LogP contribution in [0, 0.1) is 0 Å². The lowest BCUT2D eigenvalue weighted by Crippen LogP contribution is -2.32. The monoisotopic (exact) mass is 329 g/mol. The fourth-order valence-corrected chi connectivity index (χ4v) is 2.88. The van der Waals surface area contributed by atoms with E-state index in [-0.39, 0.29) is 18.8 Å². The molecule has 9 heteroatoms. The molecule has 1 saturated heterocycles. The summed E-state index contributed by atoms with van der Waals surface area (Å²) in [5, 5.41) is 7.61. The van der Waals surface area contributed by atoms with Crippen LogP contribution < -0.4 is 9.80 Å². The number of ether oxygens (including phenoxy) is 2. The van der Waals surface area contributed by atoms with E-state index in [0.29, 0.717) is 18.8 Å². The largest absolute Gasteiger partial charge is 0.444 e. The van der Waals surface area contributed by atoms with Gasteiger partial charge in [-0.25, -0.2) is 14.3 Å². The van der Waals surface area contributed by atoms with Crippen molar-refractivity contribution in [2.45, 2.75) is 19.3 Å². The Balaban J connectivity index is 1.54. The van der Waals surface area contributed by atoms with Crippen LogP contribution >= 0.6 is 0 Å². The van der Waals surface area contributed by atoms with Crippen molar-refractivity contribution in [1.29, 1.82) is 0 Å². The molecule has 9 nitrogen and oxygen atoms in total. The molecule has 0 spiro atoms. The molecule has 0 radical (unpaired) electrons. The van der Waals surface area contributed by atoms with Gasteiger partial charge in [0.1, 0.15) is 12.7 Å². The lowest BCUT2D eigenvalue weighted by Gasteiger charge is -2.26. The van der Waals surface area contributed by atoms with E-state index in [9.17, 15) is 9.59 Å². The second-order valence-corrected chi connectivity index (χ2v) is 5.67. The Morgan fingerprint density at radius 3 is 2.96 bits per heavy atom. The summed E-state index contributed by atoms with van der Waals surface area (Å²) in [5.74, 6) is 0. The SMILES string of the molecule is CN1C(=O)OCc2cc(N3CC(Cn4ccnn4)OC3=O)ccc21. The van der Waals surface area contributed by atoms with Gasteiger partial charge in [0.2, 0.25) is 0 Å². The molecule has 2 aromatic rings. The lowest BCUT2D eigenvalue weighted by molar-refractivity contribution is 0.129. The van der Waals surface area contributed by atoms with Gasteiger partial charge in [0.05, 0.1) is 25.0 Å². The van der Waals surface area contributed by atoms with E-state index in [1.807, 2.05) is 12.1 Å². The van der Waals surface area contributed by atoms with Crippen LogP contribution in [0.3, 0.4) is 0 Å². The molecule has 1 fully saturated rings. The highest BCUT2D eigenvalue weighted by atomic mass is 16.6. The van der Waals surface area contributed by atoms with Gasteiger partial charge in [-0.2, -0.15) is 0 Å². The molecule has 1 unspecified atom stereocenters. The quantitative estimate of drug-likeness (QED) is 0.845. The van der Waals surface area contributed by atoms with E-state index in [1.54, 1.807) is 35.1 Å². The third-order valence-electron chi connectivity index (χ3n) is 4.10. The van der Waals surface area contributed by atoms with Crippen molar-refractivity contribution in [1.82, 2.24) is 15.0 Å². The van der Waals surface area contributed by atoms with E-state index in [1.165, 1.54) is 4.90 Å². The molecule has 0 N–H and O–H groups in total. The number of carbonyl (C=O) groups excluding carboxylic acids is 2. The van der Waals surface area contributed by atoms with Crippen molar-refractivity contribution in [3.63, 3.8) is 0 Å². The second kappa shape index (κ2) is 5.52. The Kier molecular flexibility index (Phi) is 3.33. The predicted octanol–water partition coefficient (Wildman–Crippen LogP) is 1.39. The van der Waals surface area contributed by atoms with E-state index < -0.39 is 6.09 Å². The van der Waals surface area contributed by atoms with E-state index in [0.717, 1.165) is 11.3 Å². The number of hydrogen-bond donors (Lipinski definition) is 0. The Morgan fingerprint density at radius 2 is 2.17 bits per heavy atom. The number of amides is 2. The molecule has 2 amide bonds. The zero-order chi connectivity index (χ0) is 16.7. The molecule has 2 aliphatic rings. The molecule has 0 bridgehead atoms. The fourth-order valence-electron chi connectivity index (χ4n) is 2.88. The number of benzene rings is 1. The minimum Gasteiger partial charge on any atom is -0.444 e. The van der Waals surface area contributed by atoms with Gasteiger partial charge < -0.3 is 9.47 Å². The van der Waals surface area contributed by atoms with Gasteiger partial charge in [-0.3, -0.25) is 9.80 Å². The summed E-state index contributed by atoms with van der Waals surface area (Å²) in [5.41, 5.74) is 2.34. The summed E-state index contributed by atoms with van der Waals surface area (Å²) in [6, 6.07) is 5.45. The minimum absolute atomic E-state index is 0.192. The first-order chi connectivity index (χ1) is 11.6. The second-order valence-electron chi connectivity index (χ2n) is 5.67. The molecule has 1 aromatic carbocycles. The highest BCUT2D eigenvalue weighted by Crippen LogP contribution is 2.31. The van der Waals surface area contributed by atoms with Crippen molar-refractivity contribution in [2.75, 3.05) is 23.4 Å². The van der Waals surface area contributed by atoms with Crippen LogP contribution in [0.15, 0.2) is 30.6 Å². The van der Waals surface area contributed by atoms with Gasteiger partial charge in [0.15, 0.2) is 0 Å². The minimum atomic E-state index is -0.402. The lowest BCUT2D eigenvalue weighted by atomic mass is 10.1. The third kappa shape index (κ3) is 2.43. The van der Waals surface area contributed by atoms with Crippen molar-refractivity contribution >= 4 is 23.6 Å². The summed E-state index contributed by atoms with van der Waals surface area (Å²) in [4.78, 5) is 26.7. The molecule has 2 aliphatic heterocycles. The van der Waals surface area contributed by atoms with E-state index in [4.69, 9.17) is 9.47 Å². The van der Waals surface area contributed by atoms with Gasteiger partial charge in [-0.05, 0) is 18.2 Å². The van der Waals surface area contributed by atoms with Gasteiger partial charge in [0.25, 0.3) is 0 Å². The Morgan fingerprint density at radius 1 is 1.29 bits per heavy atom. The average molecular weight is 329 g/mol. The first-order valence-corrected chi connectivity index (χ1v) is 7.47. The maximum Gasteiger partial charge on any atom is 0.414 e. The zero-order valence-electron chi connectivity index (χ0n) is 13.0. The van der Waals surface area contributed by atoms with Crippen LogP contribution in [0.4, 0.5) is 21.0 Å². The first kappa shape index (κ1) is 14.5. The van der Waals surface area contributed by atoms with Crippen molar-refractivity contribution < 1.29 is 19.1 Å². The van der Waals surface area contributed by atoms with E-state index >= 15 is 0 Å². The maximum absolute atomic E-state index is 12.2. The summed E-state index contributed by atoms with van der Waals surface area (Å²) >= 11 is 0. The number of aromatic nitrogens is 3. The van der Waals surface area contributed by atoms with Crippen LogP contribution in [0.25, 0.3) is 0 Å². The van der Waals surface area contributed by atoms with Gasteiger partial charge in [-0.1, -0.05) is 5.21 Å². The molecule has 24 heavy (non-hydrogen) atoms. The summed E-state index contributed by atoms with van der Waals surface area (Å²) < 4.78 is 12.1. The van der Waals surface area contributed by atoms with Gasteiger partial charge in [-0.15, -0.1) is 5.10 Å². The van der Waals surface area contributed by atoms with Crippen molar-refractivity contribution in [3.8, 4) is 0 Å². The predicted molar refractivity (Wildman–Crippen MR) is 82.7 cm³/mol. The highest BCUT2D eigenvalue weighted by Gasteiger charge is 2.33. The van der Waals surface area contributed by atoms with Crippen LogP contribution in [0.2, 0.25) is 0 Å². The number of nitrogens with zero attached hydrogens (tertiary/aromatic N) is 5. The number of carbonyl (C=O) groups is 2. The molecular weight excluding hydrogens is 314 g/mol. The average Bonchev–Trinajstić information content (AvgIpc) is 3.21. The zero-order valence-corrected chi connectivity index (χ0v) is 13.0. The van der Waals surface area contributed by atoms with Crippen molar-refractivity contribution in [3.05, 3.63) is 36.2 Å². The molecule has 1 aromatic heterocycles. The molecule has 4 rings (SSSR count). The molecule has 0 aliphatic carbocycles. The number of rotatable bonds is 3. The Bertz CT molecular complexity index is 791. The molecule has 3 heterocycles. The Labute approximate surface area is 137 Å². The number of hydrogen-bond acceptors (Lipinski definition) is 6. The maximum atomic E-state index is 12.2. The fraction of sp³-hybridized carbons (Fsp3) is 0.333.